The van der Waals surface area contributed by atoms with Crippen LogP contribution in [0.1, 0.15) is 34.3 Å². The van der Waals surface area contributed by atoms with Crippen molar-refractivity contribution in [2.45, 2.75) is 25.7 Å². The zero-order valence-corrected chi connectivity index (χ0v) is 19.0. The van der Waals surface area contributed by atoms with E-state index in [1.165, 1.54) is 16.5 Å². The first kappa shape index (κ1) is 21.8. The number of hydrogen-bond donors (Lipinski definition) is 3. The van der Waals surface area contributed by atoms with Crippen LogP contribution in [0, 0.1) is 0 Å². The van der Waals surface area contributed by atoms with Crippen LogP contribution in [0.4, 0.5) is 16.2 Å². The molecule has 0 fully saturated rings. The highest BCUT2D eigenvalue weighted by atomic mass is 16.2. The minimum absolute atomic E-state index is 0.126. The maximum Gasteiger partial charge on any atom is 0.326 e. The van der Waals surface area contributed by atoms with Crippen LogP contribution in [0.3, 0.4) is 0 Å². The van der Waals surface area contributed by atoms with Crippen molar-refractivity contribution in [3.63, 3.8) is 0 Å². The lowest BCUT2D eigenvalue weighted by atomic mass is 10.1. The Morgan fingerprint density at radius 2 is 1.71 bits per heavy atom. The van der Waals surface area contributed by atoms with Crippen LogP contribution in [0.15, 0.2) is 79.0 Å². The van der Waals surface area contributed by atoms with Crippen molar-refractivity contribution in [1.29, 1.82) is 0 Å². The maximum absolute atomic E-state index is 13.0. The SMILES string of the molecule is O=C(NCCc1c[nH]c2ccccc12)c1ccc(NC(=O)N2CCCCc3ccccc32)cc1. The molecule has 34 heavy (non-hydrogen) atoms. The van der Waals surface area contributed by atoms with Gasteiger partial charge in [-0.15, -0.1) is 0 Å². The van der Waals surface area contributed by atoms with E-state index in [-0.39, 0.29) is 11.9 Å². The molecule has 1 aromatic heterocycles. The predicted molar refractivity (Wildman–Crippen MR) is 137 cm³/mol. The van der Waals surface area contributed by atoms with Crippen molar-refractivity contribution in [3.8, 4) is 0 Å². The number of urea groups is 1. The standard InChI is InChI=1S/C28H28N4O2/c33-27(29-17-16-22-19-30-25-10-3-2-9-24(22)25)21-12-14-23(15-13-21)31-28(34)32-18-6-5-8-20-7-1-4-11-26(20)32/h1-4,7,9-15,19,30H,5-6,8,16-18H2,(H,29,33)(H,31,34). The van der Waals surface area contributed by atoms with Crippen molar-refractivity contribution in [1.82, 2.24) is 10.3 Å². The Bertz CT molecular complexity index is 1310. The Morgan fingerprint density at radius 3 is 2.59 bits per heavy atom. The number of carbonyl (C=O) groups is 2. The Morgan fingerprint density at radius 1 is 0.912 bits per heavy atom. The van der Waals surface area contributed by atoms with Gasteiger partial charge in [-0.05, 0) is 73.2 Å². The number of nitrogens with zero attached hydrogens (tertiary/aromatic N) is 1. The molecule has 0 atom stereocenters. The van der Waals surface area contributed by atoms with E-state index in [4.69, 9.17) is 0 Å². The number of amides is 3. The van der Waals surface area contributed by atoms with Crippen LogP contribution in [0.5, 0.6) is 0 Å². The normalized spacial score (nSPS) is 13.2. The van der Waals surface area contributed by atoms with Gasteiger partial charge in [0.2, 0.25) is 0 Å². The highest BCUT2D eigenvalue weighted by molar-refractivity contribution is 6.02. The second-order valence-electron chi connectivity index (χ2n) is 8.61. The molecule has 1 aliphatic rings. The summed E-state index contributed by atoms with van der Waals surface area (Å²) in [5, 5.41) is 7.14. The lowest BCUT2D eigenvalue weighted by Gasteiger charge is -2.23. The molecule has 0 saturated carbocycles. The number of H-pyrrole nitrogens is 1. The average molecular weight is 453 g/mol. The molecule has 5 rings (SSSR count). The van der Waals surface area contributed by atoms with Gasteiger partial charge in [0.15, 0.2) is 0 Å². The highest BCUT2D eigenvalue weighted by Crippen LogP contribution is 2.27. The Balaban J connectivity index is 1.17. The zero-order chi connectivity index (χ0) is 23.3. The predicted octanol–water partition coefficient (Wildman–Crippen LogP) is 5.52. The lowest BCUT2D eigenvalue weighted by molar-refractivity contribution is 0.0954. The fraction of sp³-hybridized carbons (Fsp3) is 0.214. The summed E-state index contributed by atoms with van der Waals surface area (Å²) >= 11 is 0. The minimum Gasteiger partial charge on any atom is -0.361 e. The van der Waals surface area contributed by atoms with Gasteiger partial charge in [0.25, 0.3) is 5.91 Å². The molecule has 172 valence electrons. The first-order valence-electron chi connectivity index (χ1n) is 11.8. The van der Waals surface area contributed by atoms with Gasteiger partial charge in [0.05, 0.1) is 0 Å². The number of para-hydroxylation sites is 2. The maximum atomic E-state index is 13.0. The lowest BCUT2D eigenvalue weighted by Crippen LogP contribution is -2.35. The average Bonchev–Trinajstić information content (AvgIpc) is 3.15. The number of anilines is 2. The summed E-state index contributed by atoms with van der Waals surface area (Å²) in [6.45, 7) is 1.24. The van der Waals surface area contributed by atoms with Crippen LogP contribution in [-0.2, 0) is 12.8 Å². The zero-order valence-electron chi connectivity index (χ0n) is 19.0. The number of fused-ring (bicyclic) bond motifs is 2. The molecule has 0 unspecified atom stereocenters. The summed E-state index contributed by atoms with van der Waals surface area (Å²) in [7, 11) is 0. The molecule has 0 radical (unpaired) electrons. The largest absolute Gasteiger partial charge is 0.361 e. The molecule has 3 aromatic carbocycles. The second-order valence-corrected chi connectivity index (χ2v) is 8.61. The van der Waals surface area contributed by atoms with Crippen LogP contribution in [0.2, 0.25) is 0 Å². The second kappa shape index (κ2) is 9.83. The number of benzene rings is 3. The van der Waals surface area contributed by atoms with Gasteiger partial charge in [-0.2, -0.15) is 0 Å². The number of rotatable bonds is 5. The highest BCUT2D eigenvalue weighted by Gasteiger charge is 2.21. The molecule has 0 aliphatic carbocycles. The van der Waals surface area contributed by atoms with E-state index >= 15 is 0 Å². The number of aromatic nitrogens is 1. The van der Waals surface area contributed by atoms with E-state index in [1.54, 1.807) is 24.3 Å². The van der Waals surface area contributed by atoms with Crippen LogP contribution in [-0.4, -0.2) is 30.0 Å². The third-order valence-electron chi connectivity index (χ3n) is 6.36. The topological polar surface area (TPSA) is 77.2 Å². The fourth-order valence-corrected chi connectivity index (χ4v) is 4.55. The molecule has 3 N–H and O–H groups in total. The third kappa shape index (κ3) is 4.66. The molecule has 3 amide bonds. The summed E-state index contributed by atoms with van der Waals surface area (Å²) in [6.07, 6.45) is 5.78. The summed E-state index contributed by atoms with van der Waals surface area (Å²) < 4.78 is 0. The molecule has 1 aliphatic heterocycles. The van der Waals surface area contributed by atoms with E-state index in [1.807, 2.05) is 47.5 Å². The Hall–Kier alpha value is -4.06. The van der Waals surface area contributed by atoms with Gasteiger partial charge in [0, 0.05) is 47.1 Å². The number of hydrogen-bond acceptors (Lipinski definition) is 2. The van der Waals surface area contributed by atoms with Gasteiger partial charge in [-0.3, -0.25) is 9.69 Å². The van der Waals surface area contributed by atoms with Crippen molar-refractivity contribution < 1.29 is 9.59 Å². The monoisotopic (exact) mass is 452 g/mol. The molecular formula is C28H28N4O2. The van der Waals surface area contributed by atoms with E-state index < -0.39 is 0 Å². The van der Waals surface area contributed by atoms with Crippen molar-refractivity contribution in [2.75, 3.05) is 23.3 Å². The van der Waals surface area contributed by atoms with Gasteiger partial charge < -0.3 is 15.6 Å². The number of aromatic amines is 1. The summed E-state index contributed by atoms with van der Waals surface area (Å²) in [5.74, 6) is -0.126. The van der Waals surface area contributed by atoms with Crippen LogP contribution in [0.25, 0.3) is 10.9 Å². The van der Waals surface area contributed by atoms with Crippen LogP contribution < -0.4 is 15.5 Å². The fourth-order valence-electron chi connectivity index (χ4n) is 4.55. The van der Waals surface area contributed by atoms with Crippen LogP contribution >= 0.6 is 0 Å². The smallest absolute Gasteiger partial charge is 0.326 e. The molecule has 4 aromatic rings. The first-order chi connectivity index (χ1) is 16.7. The summed E-state index contributed by atoms with van der Waals surface area (Å²) in [5.41, 5.74) is 5.70. The first-order valence-corrected chi connectivity index (χ1v) is 11.8. The molecule has 2 heterocycles. The molecule has 6 nitrogen and oxygen atoms in total. The minimum atomic E-state index is -0.148. The Labute approximate surface area is 199 Å². The Kier molecular flexibility index (Phi) is 6.29. The number of nitrogens with one attached hydrogen (secondary N) is 3. The molecule has 0 saturated heterocycles. The van der Waals surface area contributed by atoms with E-state index in [2.05, 4.69) is 27.8 Å². The van der Waals surface area contributed by atoms with E-state index in [9.17, 15) is 9.59 Å². The molecule has 0 spiro atoms. The van der Waals surface area contributed by atoms with Gasteiger partial charge in [-0.25, -0.2) is 4.79 Å². The third-order valence-corrected chi connectivity index (χ3v) is 6.36. The van der Waals surface area contributed by atoms with Crippen molar-refractivity contribution in [2.24, 2.45) is 0 Å². The van der Waals surface area contributed by atoms with Crippen molar-refractivity contribution in [3.05, 3.63) is 95.7 Å². The number of carbonyl (C=O) groups excluding carboxylic acids is 2. The van der Waals surface area contributed by atoms with E-state index in [0.717, 1.165) is 36.9 Å². The van der Waals surface area contributed by atoms with Crippen molar-refractivity contribution >= 4 is 34.2 Å². The van der Waals surface area contributed by atoms with Gasteiger partial charge in [0.1, 0.15) is 0 Å². The number of aryl methyl sites for hydroxylation is 1. The van der Waals surface area contributed by atoms with Gasteiger partial charge >= 0.3 is 6.03 Å². The molecule has 0 bridgehead atoms. The summed E-state index contributed by atoms with van der Waals surface area (Å²) in [6, 6.07) is 23.1. The van der Waals surface area contributed by atoms with Gasteiger partial charge in [-0.1, -0.05) is 36.4 Å². The summed E-state index contributed by atoms with van der Waals surface area (Å²) in [4.78, 5) is 30.6. The quantitative estimate of drug-likeness (QED) is 0.373. The van der Waals surface area contributed by atoms with E-state index in [0.29, 0.717) is 24.3 Å². The molecule has 6 heteroatoms. The molecular weight excluding hydrogens is 424 g/mol.